The number of hydrogen-bond donors (Lipinski definition) is 1. The summed E-state index contributed by atoms with van der Waals surface area (Å²) < 4.78 is 22.7. The van der Waals surface area contributed by atoms with Gasteiger partial charge in [0.2, 0.25) is 0 Å². The van der Waals surface area contributed by atoms with E-state index in [0.29, 0.717) is 17.1 Å². The molecule has 1 saturated carbocycles. The largest absolute Gasteiger partial charge is 0.497 e. The summed E-state index contributed by atoms with van der Waals surface area (Å²) in [5.41, 5.74) is 2.94. The molecule has 3 aliphatic rings. The number of nitrogens with zero attached hydrogens (tertiary/aromatic N) is 3. The van der Waals surface area contributed by atoms with Crippen LogP contribution in [0.1, 0.15) is 19.4 Å². The normalized spacial score (nSPS) is 41.4. The van der Waals surface area contributed by atoms with Crippen LogP contribution in [0.3, 0.4) is 0 Å². The molecule has 1 spiro atoms. The third kappa shape index (κ3) is 1.54. The molecule has 0 unspecified atom stereocenters. The van der Waals surface area contributed by atoms with E-state index in [4.69, 9.17) is 24.7 Å². The molecule has 2 heterocycles. The molecule has 27 heavy (non-hydrogen) atoms. The zero-order chi connectivity index (χ0) is 19.7. The Bertz CT molecular complexity index is 950. The zero-order valence-electron chi connectivity index (χ0n) is 15.6. The van der Waals surface area contributed by atoms with Crippen LogP contribution >= 0.6 is 0 Å². The van der Waals surface area contributed by atoms with Gasteiger partial charge >= 0.3 is 0 Å². The van der Waals surface area contributed by atoms with Crippen LogP contribution < -0.4 is 15.2 Å². The fourth-order valence-corrected chi connectivity index (χ4v) is 5.00. The molecule has 1 aliphatic carbocycles. The fourth-order valence-electron chi connectivity index (χ4n) is 5.00. The van der Waals surface area contributed by atoms with Crippen molar-refractivity contribution in [3.63, 3.8) is 0 Å². The quantitative estimate of drug-likeness (QED) is 0.856. The Morgan fingerprint density at radius 1 is 1.26 bits per heavy atom. The molecule has 0 aromatic heterocycles. The monoisotopic (exact) mass is 368 g/mol. The minimum atomic E-state index is -1.62. The second-order valence-corrected chi connectivity index (χ2v) is 7.23. The van der Waals surface area contributed by atoms with Gasteiger partial charge in [0.15, 0.2) is 10.8 Å². The molecular formula is C19H20N4O4. The van der Waals surface area contributed by atoms with Gasteiger partial charge in [0, 0.05) is 5.56 Å². The number of nitrogens with two attached hydrogens (primary N) is 1. The maximum atomic E-state index is 10.3. The summed E-state index contributed by atoms with van der Waals surface area (Å²) in [6.45, 7) is 3.88. The van der Waals surface area contributed by atoms with E-state index in [1.54, 1.807) is 32.2 Å². The number of aliphatic imine (C=N–C) groups is 1. The molecule has 140 valence electrons. The smallest absolute Gasteiger partial charge is 0.294 e. The van der Waals surface area contributed by atoms with Crippen LogP contribution in [0.2, 0.25) is 0 Å². The molecule has 2 fully saturated rings. The summed E-state index contributed by atoms with van der Waals surface area (Å²) >= 11 is 0. The highest BCUT2D eigenvalue weighted by atomic mass is 16.8. The first-order chi connectivity index (χ1) is 12.8. The van der Waals surface area contributed by atoms with Crippen LogP contribution in [0.4, 0.5) is 0 Å². The van der Waals surface area contributed by atoms with Crippen molar-refractivity contribution in [1.29, 1.82) is 10.5 Å². The van der Waals surface area contributed by atoms with Gasteiger partial charge in [0.1, 0.15) is 17.3 Å². The lowest BCUT2D eigenvalue weighted by atomic mass is 9.84. The lowest BCUT2D eigenvalue weighted by Crippen LogP contribution is -2.42. The third-order valence-electron chi connectivity index (χ3n) is 6.28. The van der Waals surface area contributed by atoms with Crippen molar-refractivity contribution in [2.24, 2.45) is 21.6 Å². The van der Waals surface area contributed by atoms with Crippen LogP contribution in [0.15, 0.2) is 23.2 Å². The van der Waals surface area contributed by atoms with Crippen LogP contribution in [-0.2, 0) is 14.9 Å². The van der Waals surface area contributed by atoms with E-state index < -0.39 is 22.2 Å². The number of hydrogen-bond acceptors (Lipinski definition) is 8. The zero-order valence-corrected chi connectivity index (χ0v) is 15.6. The molecule has 1 aromatic rings. The molecule has 0 amide bonds. The van der Waals surface area contributed by atoms with Gasteiger partial charge in [-0.05, 0) is 25.1 Å². The summed E-state index contributed by atoms with van der Waals surface area (Å²) in [6.07, 6.45) is -0.279. The van der Waals surface area contributed by atoms with Gasteiger partial charge in [-0.25, -0.2) is 4.99 Å². The SMILES string of the molecule is COc1ccc(OC)c([C@@]2(C)[C@]3(C#N)C(N)=N[C@@]4(OC[C@H](C)O4)[C@@]32C#N)c1. The second kappa shape index (κ2) is 5.13. The molecule has 2 aliphatic heterocycles. The minimum Gasteiger partial charge on any atom is -0.497 e. The average Bonchev–Trinajstić information content (AvgIpc) is 2.85. The van der Waals surface area contributed by atoms with Crippen LogP contribution in [0.5, 0.6) is 11.5 Å². The molecule has 4 rings (SSSR count). The highest BCUT2D eigenvalue weighted by molar-refractivity contribution is 6.02. The summed E-state index contributed by atoms with van der Waals surface area (Å²) in [5, 5.41) is 20.5. The Hall–Kier alpha value is -2.81. The van der Waals surface area contributed by atoms with Gasteiger partial charge in [-0.1, -0.05) is 6.92 Å². The average molecular weight is 368 g/mol. The second-order valence-electron chi connectivity index (χ2n) is 7.23. The van der Waals surface area contributed by atoms with Crippen molar-refractivity contribution in [1.82, 2.24) is 0 Å². The number of fused-ring (bicyclic) bond motifs is 2. The molecule has 5 atom stereocenters. The van der Waals surface area contributed by atoms with Crippen LogP contribution in [0, 0.1) is 33.5 Å². The molecule has 8 heteroatoms. The summed E-state index contributed by atoms with van der Waals surface area (Å²) in [7, 11) is 3.08. The van der Waals surface area contributed by atoms with Crippen molar-refractivity contribution in [3.05, 3.63) is 23.8 Å². The molecule has 0 bridgehead atoms. The number of methoxy groups -OCH3 is 2. The highest BCUT2D eigenvalue weighted by Crippen LogP contribution is 2.86. The molecule has 0 radical (unpaired) electrons. The van der Waals surface area contributed by atoms with Gasteiger partial charge < -0.3 is 24.7 Å². The molecular weight excluding hydrogens is 348 g/mol. The molecule has 1 aromatic carbocycles. The first kappa shape index (κ1) is 17.6. The van der Waals surface area contributed by atoms with E-state index >= 15 is 0 Å². The van der Waals surface area contributed by atoms with Gasteiger partial charge in [0.05, 0.1) is 44.5 Å². The maximum Gasteiger partial charge on any atom is 0.294 e. The Morgan fingerprint density at radius 3 is 2.52 bits per heavy atom. The van der Waals surface area contributed by atoms with Gasteiger partial charge in [-0.15, -0.1) is 0 Å². The van der Waals surface area contributed by atoms with Gasteiger partial charge in [0.25, 0.3) is 5.91 Å². The van der Waals surface area contributed by atoms with Crippen LogP contribution in [0.25, 0.3) is 0 Å². The van der Waals surface area contributed by atoms with Crippen molar-refractivity contribution in [2.75, 3.05) is 20.8 Å². The number of ether oxygens (including phenoxy) is 4. The summed E-state index contributed by atoms with van der Waals surface area (Å²) in [4.78, 5) is 4.34. The minimum absolute atomic E-state index is 0.0352. The fraction of sp³-hybridized carbons (Fsp3) is 0.526. The topological polar surface area (TPSA) is 123 Å². The summed E-state index contributed by atoms with van der Waals surface area (Å²) in [5.74, 6) is -0.493. The van der Waals surface area contributed by atoms with Crippen molar-refractivity contribution in [3.8, 4) is 23.6 Å². The van der Waals surface area contributed by atoms with E-state index in [9.17, 15) is 10.5 Å². The lowest BCUT2D eigenvalue weighted by Gasteiger charge is -2.30. The highest BCUT2D eigenvalue weighted by Gasteiger charge is 3.00. The molecule has 1 saturated heterocycles. The lowest BCUT2D eigenvalue weighted by molar-refractivity contribution is -0.196. The predicted molar refractivity (Wildman–Crippen MR) is 93.8 cm³/mol. The van der Waals surface area contributed by atoms with Crippen molar-refractivity contribution < 1.29 is 18.9 Å². The standard InChI is InChI=1S/C19H20N4O4/c1-11-8-26-19(27-11)18(10-21)16(2,17(18,9-20)15(22)23-19)13-7-12(24-3)5-6-14(13)25-4/h5-7,11H,8H2,1-4H3,(H2,22,23)/t11-,16-,17-,18+,19+/m0/s1. The van der Waals surface area contributed by atoms with E-state index in [1.807, 2.05) is 6.92 Å². The Kier molecular flexibility index (Phi) is 3.34. The molecule has 8 nitrogen and oxygen atoms in total. The Labute approximate surface area is 157 Å². The Morgan fingerprint density at radius 2 is 2.00 bits per heavy atom. The number of nitriles is 2. The molecule has 2 N–H and O–H groups in total. The van der Waals surface area contributed by atoms with E-state index in [1.165, 1.54) is 7.11 Å². The van der Waals surface area contributed by atoms with Crippen LogP contribution in [-0.4, -0.2) is 38.7 Å². The predicted octanol–water partition coefficient (Wildman–Crippen LogP) is 1.45. The Balaban J connectivity index is 2.02. The van der Waals surface area contributed by atoms with Gasteiger partial charge in [-0.2, -0.15) is 10.5 Å². The number of benzene rings is 1. The summed E-state index contributed by atoms with van der Waals surface area (Å²) in [6, 6.07) is 9.82. The number of rotatable bonds is 3. The first-order valence-corrected chi connectivity index (χ1v) is 8.56. The number of amidine groups is 1. The maximum absolute atomic E-state index is 10.3. The van der Waals surface area contributed by atoms with E-state index in [2.05, 4.69) is 17.1 Å². The van der Waals surface area contributed by atoms with Crippen molar-refractivity contribution >= 4 is 5.84 Å². The van der Waals surface area contributed by atoms with Crippen molar-refractivity contribution in [2.45, 2.75) is 31.3 Å². The van der Waals surface area contributed by atoms with E-state index in [0.717, 1.165) is 0 Å². The third-order valence-corrected chi connectivity index (χ3v) is 6.28. The first-order valence-electron chi connectivity index (χ1n) is 8.56. The van der Waals surface area contributed by atoms with E-state index in [-0.39, 0.29) is 18.5 Å². The van der Waals surface area contributed by atoms with Gasteiger partial charge in [-0.3, -0.25) is 0 Å².